The van der Waals surface area contributed by atoms with Crippen molar-refractivity contribution in [2.24, 2.45) is 0 Å². The summed E-state index contributed by atoms with van der Waals surface area (Å²) in [4.78, 5) is 12.2. The van der Waals surface area contributed by atoms with Gasteiger partial charge in [0.15, 0.2) is 0 Å². The maximum atomic E-state index is 4.65. The molecule has 0 aliphatic heterocycles. The van der Waals surface area contributed by atoms with Crippen LogP contribution < -0.4 is 0 Å². The fourth-order valence-electron chi connectivity index (χ4n) is 2.31. The van der Waals surface area contributed by atoms with E-state index in [-0.39, 0.29) is 0 Å². The molecule has 78 valence electrons. The minimum absolute atomic E-state index is 0.629. The molecule has 1 fully saturated rings. The van der Waals surface area contributed by atoms with Crippen molar-refractivity contribution in [2.45, 2.75) is 31.6 Å². The van der Waals surface area contributed by atoms with Gasteiger partial charge in [0.1, 0.15) is 11.3 Å². The number of aromatic nitrogens is 3. The van der Waals surface area contributed by atoms with Crippen LogP contribution in [0.25, 0.3) is 11.0 Å². The van der Waals surface area contributed by atoms with E-state index in [9.17, 15) is 0 Å². The number of rotatable bonds is 1. The van der Waals surface area contributed by atoms with E-state index >= 15 is 0 Å². The second kappa shape index (κ2) is 3.59. The molecule has 0 atom stereocenters. The van der Waals surface area contributed by atoms with Crippen LogP contribution in [0.2, 0.25) is 0 Å². The molecule has 15 heavy (non-hydrogen) atoms. The molecular formula is C11H12BrN3. The second-order valence-corrected chi connectivity index (χ2v) is 4.98. The zero-order chi connectivity index (χ0) is 10.3. The van der Waals surface area contributed by atoms with E-state index in [1.54, 1.807) is 6.20 Å². The Morgan fingerprint density at radius 2 is 2.07 bits per heavy atom. The molecule has 2 aromatic rings. The molecule has 2 aromatic heterocycles. The Morgan fingerprint density at radius 1 is 1.27 bits per heavy atom. The number of pyridine rings is 1. The molecule has 3 rings (SSSR count). The highest BCUT2D eigenvalue weighted by atomic mass is 79.9. The first-order valence-electron chi connectivity index (χ1n) is 5.34. The normalized spacial score (nSPS) is 17.7. The van der Waals surface area contributed by atoms with Crippen molar-refractivity contribution in [3.8, 4) is 0 Å². The molecule has 1 aliphatic carbocycles. The number of hydrogen-bond acceptors (Lipinski definition) is 2. The van der Waals surface area contributed by atoms with Gasteiger partial charge in [0.25, 0.3) is 0 Å². The number of nitrogens with one attached hydrogen (secondary N) is 1. The third-order valence-electron chi connectivity index (χ3n) is 3.11. The Balaban J connectivity index is 2.09. The van der Waals surface area contributed by atoms with Crippen LogP contribution in [0.5, 0.6) is 0 Å². The summed E-state index contributed by atoms with van der Waals surface area (Å²) in [5, 5.41) is 0. The molecule has 1 aliphatic rings. The van der Waals surface area contributed by atoms with Gasteiger partial charge >= 0.3 is 0 Å². The quantitative estimate of drug-likeness (QED) is 0.859. The predicted octanol–water partition coefficient (Wildman–Crippen LogP) is 3.38. The van der Waals surface area contributed by atoms with Crippen LogP contribution in [-0.2, 0) is 0 Å². The monoisotopic (exact) mass is 265 g/mol. The number of aromatic amines is 1. The van der Waals surface area contributed by atoms with Gasteiger partial charge < -0.3 is 4.98 Å². The smallest absolute Gasteiger partial charge is 0.110 e. The van der Waals surface area contributed by atoms with Crippen molar-refractivity contribution in [1.29, 1.82) is 0 Å². The molecule has 0 radical (unpaired) electrons. The van der Waals surface area contributed by atoms with Crippen molar-refractivity contribution in [2.75, 3.05) is 0 Å². The summed E-state index contributed by atoms with van der Waals surface area (Å²) in [5.74, 6) is 1.76. The Morgan fingerprint density at radius 3 is 2.80 bits per heavy atom. The Bertz CT molecular complexity index is 486. The average Bonchev–Trinajstić information content (AvgIpc) is 2.86. The SMILES string of the molecule is Brc1cncc2[nH]c(C3CCCC3)nc12. The standard InChI is InChI=1S/C11H12BrN3/c12-8-5-13-6-9-10(8)15-11(14-9)7-3-1-2-4-7/h5-7H,1-4H2,(H,14,15). The molecule has 0 saturated heterocycles. The van der Waals surface area contributed by atoms with Gasteiger partial charge in [-0.3, -0.25) is 4.98 Å². The fraction of sp³-hybridized carbons (Fsp3) is 0.455. The van der Waals surface area contributed by atoms with E-state index in [1.807, 2.05) is 6.20 Å². The Labute approximate surface area is 96.4 Å². The van der Waals surface area contributed by atoms with Gasteiger partial charge in [0.05, 0.1) is 16.2 Å². The number of nitrogens with zero attached hydrogens (tertiary/aromatic N) is 2. The molecule has 3 nitrogen and oxygen atoms in total. The first kappa shape index (κ1) is 9.33. The molecule has 0 spiro atoms. The van der Waals surface area contributed by atoms with Crippen LogP contribution in [0, 0.1) is 0 Å². The average molecular weight is 266 g/mol. The van der Waals surface area contributed by atoms with Crippen molar-refractivity contribution >= 4 is 27.0 Å². The van der Waals surface area contributed by atoms with Crippen LogP contribution in [-0.4, -0.2) is 15.0 Å². The zero-order valence-corrected chi connectivity index (χ0v) is 9.92. The summed E-state index contributed by atoms with van der Waals surface area (Å²) < 4.78 is 0.973. The summed E-state index contributed by atoms with van der Waals surface area (Å²) in [6, 6.07) is 0. The second-order valence-electron chi connectivity index (χ2n) is 4.12. The van der Waals surface area contributed by atoms with Crippen LogP contribution >= 0.6 is 15.9 Å². The van der Waals surface area contributed by atoms with Gasteiger partial charge in [-0.15, -0.1) is 0 Å². The van der Waals surface area contributed by atoms with Gasteiger partial charge in [0, 0.05) is 12.1 Å². The largest absolute Gasteiger partial charge is 0.340 e. The predicted molar refractivity (Wildman–Crippen MR) is 62.8 cm³/mol. The highest BCUT2D eigenvalue weighted by Gasteiger charge is 2.20. The topological polar surface area (TPSA) is 41.6 Å². The van der Waals surface area contributed by atoms with Crippen molar-refractivity contribution in [3.63, 3.8) is 0 Å². The lowest BCUT2D eigenvalue weighted by Crippen LogP contribution is -1.93. The van der Waals surface area contributed by atoms with E-state index in [1.165, 1.54) is 25.7 Å². The van der Waals surface area contributed by atoms with E-state index in [4.69, 9.17) is 0 Å². The van der Waals surface area contributed by atoms with Gasteiger partial charge in [-0.05, 0) is 28.8 Å². The van der Waals surface area contributed by atoms with Gasteiger partial charge in [0.2, 0.25) is 0 Å². The molecule has 0 bridgehead atoms. The lowest BCUT2D eigenvalue weighted by Gasteiger charge is -2.02. The Kier molecular flexibility index (Phi) is 2.24. The molecular weight excluding hydrogens is 254 g/mol. The van der Waals surface area contributed by atoms with Crippen LogP contribution in [0.4, 0.5) is 0 Å². The highest BCUT2D eigenvalue weighted by Crippen LogP contribution is 2.34. The van der Waals surface area contributed by atoms with E-state index in [2.05, 4.69) is 30.9 Å². The summed E-state index contributed by atoms with van der Waals surface area (Å²) >= 11 is 3.47. The minimum atomic E-state index is 0.629. The van der Waals surface area contributed by atoms with Crippen LogP contribution in [0.3, 0.4) is 0 Å². The highest BCUT2D eigenvalue weighted by molar-refractivity contribution is 9.10. The van der Waals surface area contributed by atoms with E-state index < -0.39 is 0 Å². The lowest BCUT2D eigenvalue weighted by atomic mass is 10.1. The number of H-pyrrole nitrogens is 1. The molecule has 0 unspecified atom stereocenters. The number of hydrogen-bond donors (Lipinski definition) is 1. The fourth-order valence-corrected chi connectivity index (χ4v) is 2.73. The maximum absolute atomic E-state index is 4.65. The summed E-state index contributed by atoms with van der Waals surface area (Å²) in [7, 11) is 0. The van der Waals surface area contributed by atoms with Gasteiger partial charge in [-0.25, -0.2) is 4.98 Å². The molecule has 1 N–H and O–H groups in total. The number of halogens is 1. The van der Waals surface area contributed by atoms with E-state index in [0.717, 1.165) is 21.3 Å². The summed E-state index contributed by atoms with van der Waals surface area (Å²) in [5.41, 5.74) is 2.04. The number of imidazole rings is 1. The van der Waals surface area contributed by atoms with Crippen LogP contribution in [0.15, 0.2) is 16.9 Å². The third-order valence-corrected chi connectivity index (χ3v) is 3.69. The zero-order valence-electron chi connectivity index (χ0n) is 8.33. The summed E-state index contributed by atoms with van der Waals surface area (Å²) in [6.45, 7) is 0. The third kappa shape index (κ3) is 1.57. The molecule has 4 heteroatoms. The van der Waals surface area contributed by atoms with Gasteiger partial charge in [-0.2, -0.15) is 0 Å². The molecule has 1 saturated carbocycles. The maximum Gasteiger partial charge on any atom is 0.110 e. The number of fused-ring (bicyclic) bond motifs is 1. The minimum Gasteiger partial charge on any atom is -0.340 e. The molecule has 0 aromatic carbocycles. The van der Waals surface area contributed by atoms with Gasteiger partial charge in [-0.1, -0.05) is 12.8 Å². The van der Waals surface area contributed by atoms with Crippen molar-refractivity contribution < 1.29 is 0 Å². The first-order chi connectivity index (χ1) is 7.34. The van der Waals surface area contributed by atoms with E-state index in [0.29, 0.717) is 5.92 Å². The van der Waals surface area contributed by atoms with Crippen molar-refractivity contribution in [3.05, 3.63) is 22.7 Å². The van der Waals surface area contributed by atoms with Crippen molar-refractivity contribution in [1.82, 2.24) is 15.0 Å². The lowest BCUT2D eigenvalue weighted by molar-refractivity contribution is 0.681. The molecule has 0 amide bonds. The van der Waals surface area contributed by atoms with Crippen LogP contribution in [0.1, 0.15) is 37.4 Å². The molecule has 2 heterocycles. The summed E-state index contributed by atoms with van der Waals surface area (Å²) in [6.07, 6.45) is 8.84. The Hall–Kier alpha value is -0.900. The first-order valence-corrected chi connectivity index (χ1v) is 6.13.